The molecule has 4 rings (SSSR count). The van der Waals surface area contributed by atoms with E-state index in [1.54, 1.807) is 10.8 Å². The number of carbonyl (C=O) groups is 1. The molecule has 0 fully saturated rings. The maximum absolute atomic E-state index is 14.2. The van der Waals surface area contributed by atoms with E-state index in [1.807, 2.05) is 61.5 Å². The van der Waals surface area contributed by atoms with Gasteiger partial charge in [0, 0.05) is 36.0 Å². The van der Waals surface area contributed by atoms with Crippen LogP contribution in [0.25, 0.3) is 22.2 Å². The first-order valence-electron chi connectivity index (χ1n) is 15.3. The molecule has 2 amide bonds. The number of nitrogens with one attached hydrogen (secondary N) is 2. The summed E-state index contributed by atoms with van der Waals surface area (Å²) in [5.41, 5.74) is 4.70. The summed E-state index contributed by atoms with van der Waals surface area (Å²) in [6, 6.07) is 17.0. The lowest BCUT2D eigenvalue weighted by molar-refractivity contribution is 0.110. The minimum atomic E-state index is -0.470. The number of urea groups is 1. The third-order valence-electron chi connectivity index (χ3n) is 7.43. The summed E-state index contributed by atoms with van der Waals surface area (Å²) in [5.74, 6) is 1.05. The Balaban J connectivity index is 1.84. The smallest absolute Gasteiger partial charge is 0.323 e. The first-order valence-corrected chi connectivity index (χ1v) is 15.3. The molecule has 4 aromatic rings. The van der Waals surface area contributed by atoms with Crippen LogP contribution in [0.2, 0.25) is 0 Å². The highest BCUT2D eigenvalue weighted by Gasteiger charge is 2.23. The fourth-order valence-corrected chi connectivity index (χ4v) is 5.28. The molecule has 2 aromatic heterocycles. The number of unbranched alkanes of at least 4 members (excludes halogenated alkanes) is 1. The lowest BCUT2D eigenvalue weighted by atomic mass is 9.93. The second-order valence-corrected chi connectivity index (χ2v) is 11.2. The zero-order chi connectivity index (χ0) is 30.9. The monoisotopic (exact) mass is 584 g/mol. The van der Waals surface area contributed by atoms with Gasteiger partial charge in [0.25, 0.3) is 5.56 Å². The molecule has 0 radical (unpaired) electrons. The van der Waals surface area contributed by atoms with Gasteiger partial charge in [-0.15, -0.1) is 0 Å². The van der Waals surface area contributed by atoms with E-state index in [1.165, 1.54) is 0 Å². The fourth-order valence-electron chi connectivity index (χ4n) is 5.28. The zero-order valence-electron chi connectivity index (χ0n) is 26.2. The summed E-state index contributed by atoms with van der Waals surface area (Å²) in [7, 11) is 0. The molecule has 2 aromatic carbocycles. The normalized spacial score (nSPS) is 11.3. The molecule has 0 aliphatic heterocycles. The van der Waals surface area contributed by atoms with Gasteiger partial charge in [0.1, 0.15) is 23.7 Å². The molecule has 0 aliphatic carbocycles. The molecule has 2 heterocycles. The molecule has 43 heavy (non-hydrogen) atoms. The average Bonchev–Trinajstić information content (AvgIpc) is 2.99. The van der Waals surface area contributed by atoms with Crippen LogP contribution in [-0.4, -0.2) is 35.4 Å². The number of hydrogen-bond acceptors (Lipinski definition) is 5. The van der Waals surface area contributed by atoms with Gasteiger partial charge in [-0.2, -0.15) is 0 Å². The Hall–Kier alpha value is -4.17. The van der Waals surface area contributed by atoms with E-state index in [4.69, 9.17) is 9.47 Å². The van der Waals surface area contributed by atoms with E-state index in [9.17, 15) is 9.59 Å². The molecule has 0 saturated heterocycles. The van der Waals surface area contributed by atoms with Crippen LogP contribution < -0.4 is 20.9 Å². The predicted octanol–water partition coefficient (Wildman–Crippen LogP) is 8.17. The first-order chi connectivity index (χ1) is 20.8. The number of aryl methyl sites for hydroxylation is 1. The zero-order valence-corrected chi connectivity index (χ0v) is 26.2. The Morgan fingerprint density at radius 3 is 2.28 bits per heavy atom. The van der Waals surface area contributed by atoms with Gasteiger partial charge in [-0.05, 0) is 66.1 Å². The van der Waals surface area contributed by atoms with Crippen LogP contribution in [-0.2, 0) is 11.3 Å². The van der Waals surface area contributed by atoms with Crippen LogP contribution in [0.1, 0.15) is 77.3 Å². The number of benzene rings is 2. The van der Waals surface area contributed by atoms with Crippen molar-refractivity contribution in [1.29, 1.82) is 0 Å². The van der Waals surface area contributed by atoms with E-state index in [0.717, 1.165) is 40.6 Å². The molecule has 0 spiro atoms. The van der Waals surface area contributed by atoms with E-state index < -0.39 is 6.03 Å². The van der Waals surface area contributed by atoms with Crippen LogP contribution >= 0.6 is 0 Å². The minimum absolute atomic E-state index is 0.202. The molecular formula is C35H44N4O4. The van der Waals surface area contributed by atoms with Gasteiger partial charge in [0.05, 0.1) is 6.61 Å². The summed E-state index contributed by atoms with van der Waals surface area (Å²) >= 11 is 0. The quantitative estimate of drug-likeness (QED) is 0.155. The average molecular weight is 585 g/mol. The number of anilines is 2. The number of amides is 2. The molecule has 2 N–H and O–H groups in total. The number of rotatable bonds is 13. The maximum atomic E-state index is 14.2. The maximum Gasteiger partial charge on any atom is 0.323 e. The molecule has 0 aliphatic rings. The molecule has 228 valence electrons. The highest BCUT2D eigenvalue weighted by Crippen LogP contribution is 2.36. The lowest BCUT2D eigenvalue weighted by Gasteiger charge is -2.22. The largest absolute Gasteiger partial charge is 0.491 e. The van der Waals surface area contributed by atoms with Crippen molar-refractivity contribution in [2.24, 2.45) is 0 Å². The van der Waals surface area contributed by atoms with Crippen molar-refractivity contribution < 1.29 is 14.3 Å². The van der Waals surface area contributed by atoms with Crippen LogP contribution in [0.4, 0.5) is 16.2 Å². The second-order valence-electron chi connectivity index (χ2n) is 11.2. The van der Waals surface area contributed by atoms with E-state index >= 15 is 0 Å². The topological polar surface area (TPSA) is 94.5 Å². The summed E-state index contributed by atoms with van der Waals surface area (Å²) in [6.45, 7) is 14.4. The highest BCUT2D eigenvalue weighted by atomic mass is 16.5. The number of ether oxygens (including phenoxy) is 2. The first kappa shape index (κ1) is 31.8. The molecule has 8 nitrogen and oxygen atoms in total. The molecule has 8 heteroatoms. The summed E-state index contributed by atoms with van der Waals surface area (Å²) in [5, 5.41) is 6.85. The van der Waals surface area contributed by atoms with Gasteiger partial charge in [0.2, 0.25) is 0 Å². The van der Waals surface area contributed by atoms with Crippen molar-refractivity contribution >= 4 is 28.4 Å². The number of carbonyl (C=O) groups excluding carboxylic acids is 1. The highest BCUT2D eigenvalue weighted by molar-refractivity contribution is 6.07. The minimum Gasteiger partial charge on any atom is -0.491 e. The Morgan fingerprint density at radius 2 is 1.60 bits per heavy atom. The van der Waals surface area contributed by atoms with E-state index in [-0.39, 0.29) is 23.1 Å². The van der Waals surface area contributed by atoms with Gasteiger partial charge in [0.15, 0.2) is 0 Å². The van der Waals surface area contributed by atoms with E-state index in [0.29, 0.717) is 43.3 Å². The standard InChI is InChI=1S/C35H44N4O4/c1-7-9-19-39-33-29(17-12-18-36-33)30(25-13-10-14-26(22-25)43-21-20-42-8-2)32(34(39)40)38-35(41)37-31-27(23(3)4)15-11-16-28(31)24(5)6/h10-18,22-24H,7-9,19-21H2,1-6H3,(H2,37,38,41). The van der Waals surface area contributed by atoms with Crippen molar-refractivity contribution in [2.45, 2.75) is 72.8 Å². The van der Waals surface area contributed by atoms with Crippen LogP contribution in [0, 0.1) is 0 Å². The van der Waals surface area contributed by atoms with Crippen LogP contribution in [0.3, 0.4) is 0 Å². The SMILES string of the molecule is CCCCn1c(=O)c(NC(=O)Nc2c(C(C)C)cccc2C(C)C)c(-c2cccc(OCCOCC)c2)c2cccnc21. The fraction of sp³-hybridized carbons (Fsp3) is 0.400. The Bertz CT molecular complexity index is 1580. The van der Waals surface area contributed by atoms with Gasteiger partial charge < -0.3 is 20.1 Å². The number of fused-ring (bicyclic) bond motifs is 1. The van der Waals surface area contributed by atoms with Crippen molar-refractivity contribution in [3.8, 4) is 16.9 Å². The summed E-state index contributed by atoms with van der Waals surface area (Å²) in [4.78, 5) is 32.6. The van der Waals surface area contributed by atoms with Gasteiger partial charge >= 0.3 is 6.03 Å². The lowest BCUT2D eigenvalue weighted by Crippen LogP contribution is -2.30. The van der Waals surface area contributed by atoms with Crippen molar-refractivity contribution in [1.82, 2.24) is 9.55 Å². The number of pyridine rings is 2. The molecular weight excluding hydrogens is 540 g/mol. The Kier molecular flexibility index (Phi) is 11.0. The third-order valence-corrected chi connectivity index (χ3v) is 7.43. The predicted molar refractivity (Wildman–Crippen MR) is 176 cm³/mol. The van der Waals surface area contributed by atoms with Crippen molar-refractivity contribution in [3.05, 3.63) is 82.3 Å². The number of nitrogens with zero attached hydrogens (tertiary/aromatic N) is 2. The van der Waals surface area contributed by atoms with Crippen LogP contribution in [0.5, 0.6) is 5.75 Å². The van der Waals surface area contributed by atoms with Crippen molar-refractivity contribution in [2.75, 3.05) is 30.5 Å². The van der Waals surface area contributed by atoms with Gasteiger partial charge in [-0.25, -0.2) is 9.78 Å². The van der Waals surface area contributed by atoms with Gasteiger partial charge in [-0.1, -0.05) is 71.4 Å². The van der Waals surface area contributed by atoms with Crippen molar-refractivity contribution in [3.63, 3.8) is 0 Å². The summed E-state index contributed by atoms with van der Waals surface area (Å²) in [6.07, 6.45) is 3.41. The van der Waals surface area contributed by atoms with E-state index in [2.05, 4.69) is 50.2 Å². The Labute approximate surface area is 254 Å². The second kappa shape index (κ2) is 14.8. The van der Waals surface area contributed by atoms with Gasteiger partial charge in [-0.3, -0.25) is 9.36 Å². The Morgan fingerprint density at radius 1 is 0.907 bits per heavy atom. The number of para-hydroxylation sites is 1. The molecule has 0 unspecified atom stereocenters. The number of hydrogen-bond donors (Lipinski definition) is 2. The third kappa shape index (κ3) is 7.43. The molecule has 0 atom stereocenters. The van der Waals surface area contributed by atoms with Crippen LogP contribution in [0.15, 0.2) is 65.6 Å². The summed E-state index contributed by atoms with van der Waals surface area (Å²) < 4.78 is 13.0. The number of aromatic nitrogens is 2. The molecule has 0 bridgehead atoms. The molecule has 0 saturated carbocycles.